The molecule has 0 spiro atoms. The lowest BCUT2D eigenvalue weighted by molar-refractivity contribution is 0.0742. The molecule has 7 nitrogen and oxygen atoms in total. The van der Waals surface area contributed by atoms with E-state index < -0.39 is 0 Å². The number of rotatable bonds is 6. The molecule has 33 heavy (non-hydrogen) atoms. The average molecular weight is 446 g/mol. The van der Waals surface area contributed by atoms with Crippen LogP contribution in [0.1, 0.15) is 34.5 Å². The number of ether oxygens (including phenoxy) is 2. The van der Waals surface area contributed by atoms with Crippen molar-refractivity contribution in [3.05, 3.63) is 77.6 Å². The molecule has 2 aromatic carbocycles. The zero-order chi connectivity index (χ0) is 23.5. The molecule has 170 valence electrons. The van der Waals surface area contributed by atoms with Crippen molar-refractivity contribution in [2.24, 2.45) is 0 Å². The van der Waals surface area contributed by atoms with Crippen LogP contribution in [0.5, 0.6) is 5.75 Å². The van der Waals surface area contributed by atoms with Crippen LogP contribution in [0, 0.1) is 6.92 Å². The SMILES string of the molecule is COc1ccc(-c2cncc(C(=O)N(C)C(C)c3cccc(N4CCOC4=O)c3)c2)c(C)c1. The van der Waals surface area contributed by atoms with Crippen molar-refractivity contribution in [3.8, 4) is 16.9 Å². The molecule has 1 aliphatic heterocycles. The first-order chi connectivity index (χ1) is 15.9. The summed E-state index contributed by atoms with van der Waals surface area (Å²) in [6.07, 6.45) is 3.00. The lowest BCUT2D eigenvalue weighted by Crippen LogP contribution is -2.30. The number of methoxy groups -OCH3 is 1. The number of aromatic nitrogens is 1. The Bertz CT molecular complexity index is 1190. The minimum absolute atomic E-state index is 0.131. The largest absolute Gasteiger partial charge is 0.497 e. The van der Waals surface area contributed by atoms with Crippen molar-refractivity contribution in [1.82, 2.24) is 9.88 Å². The normalized spacial score (nSPS) is 14.1. The van der Waals surface area contributed by atoms with Gasteiger partial charge in [-0.15, -0.1) is 0 Å². The van der Waals surface area contributed by atoms with Gasteiger partial charge in [-0.25, -0.2) is 4.79 Å². The number of amides is 2. The number of nitrogens with zero attached hydrogens (tertiary/aromatic N) is 3. The summed E-state index contributed by atoms with van der Waals surface area (Å²) in [5, 5.41) is 0. The average Bonchev–Trinajstić information content (AvgIpc) is 3.28. The number of carbonyl (C=O) groups excluding carboxylic acids is 2. The van der Waals surface area contributed by atoms with Crippen molar-refractivity contribution in [1.29, 1.82) is 0 Å². The summed E-state index contributed by atoms with van der Waals surface area (Å²) >= 11 is 0. The first-order valence-electron chi connectivity index (χ1n) is 10.8. The Morgan fingerprint density at radius 2 is 2.00 bits per heavy atom. The smallest absolute Gasteiger partial charge is 0.414 e. The Kier molecular flexibility index (Phi) is 6.31. The summed E-state index contributed by atoms with van der Waals surface area (Å²) in [4.78, 5) is 32.8. The molecule has 0 radical (unpaired) electrons. The highest BCUT2D eigenvalue weighted by Crippen LogP contribution is 2.29. The highest BCUT2D eigenvalue weighted by molar-refractivity contribution is 5.95. The molecule has 1 saturated heterocycles. The monoisotopic (exact) mass is 445 g/mol. The molecule has 2 amide bonds. The Hall–Kier alpha value is -3.87. The molecule has 0 saturated carbocycles. The van der Waals surface area contributed by atoms with Crippen molar-refractivity contribution in [3.63, 3.8) is 0 Å². The molecule has 1 atom stereocenters. The van der Waals surface area contributed by atoms with E-state index in [0.717, 1.165) is 33.7 Å². The Labute approximate surface area is 193 Å². The molecule has 3 aromatic rings. The predicted molar refractivity (Wildman–Crippen MR) is 127 cm³/mol. The van der Waals surface area contributed by atoms with Gasteiger partial charge in [0.2, 0.25) is 0 Å². The first-order valence-corrected chi connectivity index (χ1v) is 10.8. The Morgan fingerprint density at radius 1 is 1.18 bits per heavy atom. The van der Waals surface area contributed by atoms with E-state index in [1.807, 2.05) is 62.4 Å². The van der Waals surface area contributed by atoms with E-state index in [0.29, 0.717) is 18.7 Å². The van der Waals surface area contributed by atoms with Crippen LogP contribution < -0.4 is 9.64 Å². The second kappa shape index (κ2) is 9.32. The fraction of sp³-hybridized carbons (Fsp3) is 0.269. The summed E-state index contributed by atoms with van der Waals surface area (Å²) in [6.45, 7) is 4.87. The zero-order valence-corrected chi connectivity index (χ0v) is 19.2. The second-order valence-electron chi connectivity index (χ2n) is 8.10. The van der Waals surface area contributed by atoms with Gasteiger partial charge in [0.05, 0.1) is 25.3 Å². The van der Waals surface area contributed by atoms with Crippen molar-refractivity contribution in [2.75, 3.05) is 32.2 Å². The minimum Gasteiger partial charge on any atom is -0.497 e. The van der Waals surface area contributed by atoms with E-state index in [1.54, 1.807) is 36.4 Å². The van der Waals surface area contributed by atoms with Crippen LogP contribution in [0.3, 0.4) is 0 Å². The molecular weight excluding hydrogens is 418 g/mol. The van der Waals surface area contributed by atoms with Gasteiger partial charge >= 0.3 is 6.09 Å². The third-order valence-electron chi connectivity index (χ3n) is 6.06. The van der Waals surface area contributed by atoms with Crippen LogP contribution in [-0.4, -0.2) is 49.2 Å². The third-order valence-corrected chi connectivity index (χ3v) is 6.06. The fourth-order valence-corrected chi connectivity index (χ4v) is 3.97. The number of carbonyl (C=O) groups is 2. The van der Waals surface area contributed by atoms with Crippen LogP contribution in [-0.2, 0) is 4.74 Å². The summed E-state index contributed by atoms with van der Waals surface area (Å²) in [7, 11) is 3.41. The molecule has 1 unspecified atom stereocenters. The minimum atomic E-state index is -0.346. The predicted octanol–water partition coefficient (Wildman–Crippen LogP) is 4.86. The van der Waals surface area contributed by atoms with Gasteiger partial charge < -0.3 is 14.4 Å². The fourth-order valence-electron chi connectivity index (χ4n) is 3.97. The third kappa shape index (κ3) is 4.53. The van der Waals surface area contributed by atoms with Crippen LogP contribution in [0.25, 0.3) is 11.1 Å². The molecule has 1 aromatic heterocycles. The summed E-state index contributed by atoms with van der Waals surface area (Å²) in [5.74, 6) is 0.656. The number of anilines is 1. The zero-order valence-electron chi connectivity index (χ0n) is 19.2. The van der Waals surface area contributed by atoms with Crippen LogP contribution in [0.2, 0.25) is 0 Å². The van der Waals surface area contributed by atoms with Gasteiger partial charge in [-0.1, -0.05) is 18.2 Å². The second-order valence-corrected chi connectivity index (χ2v) is 8.10. The summed E-state index contributed by atoms with van der Waals surface area (Å²) in [5.41, 5.74) is 5.12. The Morgan fingerprint density at radius 3 is 2.70 bits per heavy atom. The molecule has 1 fully saturated rings. The van der Waals surface area contributed by atoms with Gasteiger partial charge in [0.1, 0.15) is 12.4 Å². The molecule has 4 rings (SSSR count). The van der Waals surface area contributed by atoms with Gasteiger partial charge in [0, 0.05) is 30.7 Å². The van der Waals surface area contributed by atoms with E-state index in [2.05, 4.69) is 4.98 Å². The number of hydrogen-bond acceptors (Lipinski definition) is 5. The van der Waals surface area contributed by atoms with Crippen LogP contribution in [0.15, 0.2) is 60.9 Å². The molecular formula is C26H27N3O4. The molecule has 2 heterocycles. The number of pyridine rings is 1. The lowest BCUT2D eigenvalue weighted by Gasteiger charge is -2.26. The summed E-state index contributed by atoms with van der Waals surface area (Å²) < 4.78 is 10.3. The maximum Gasteiger partial charge on any atom is 0.414 e. The standard InChI is InChI=1S/C26H27N3O4/c1-17-12-23(32-4)8-9-24(17)20-13-21(16-27-15-20)25(30)28(3)18(2)19-6-5-7-22(14-19)29-10-11-33-26(29)31/h5-9,12-16,18H,10-11H2,1-4H3. The van der Waals surface area contributed by atoms with Crippen LogP contribution >= 0.6 is 0 Å². The van der Waals surface area contributed by atoms with Gasteiger partial charge in [-0.2, -0.15) is 0 Å². The Balaban J connectivity index is 1.56. The number of cyclic esters (lactones) is 1. The topological polar surface area (TPSA) is 72.0 Å². The van der Waals surface area contributed by atoms with E-state index in [9.17, 15) is 9.59 Å². The highest BCUT2D eigenvalue weighted by Gasteiger charge is 2.25. The maximum atomic E-state index is 13.3. The van der Waals surface area contributed by atoms with E-state index in [-0.39, 0.29) is 18.0 Å². The maximum absolute atomic E-state index is 13.3. The number of aryl methyl sites for hydroxylation is 1. The number of hydrogen-bond donors (Lipinski definition) is 0. The molecule has 1 aliphatic rings. The quantitative estimate of drug-likeness (QED) is 0.542. The van der Waals surface area contributed by atoms with Gasteiger partial charge in [-0.3, -0.25) is 14.7 Å². The highest BCUT2D eigenvalue weighted by atomic mass is 16.6. The number of benzene rings is 2. The lowest BCUT2D eigenvalue weighted by atomic mass is 10.00. The summed E-state index contributed by atoms with van der Waals surface area (Å²) in [6, 6.07) is 15.1. The van der Waals surface area contributed by atoms with Crippen LogP contribution in [0.4, 0.5) is 10.5 Å². The van der Waals surface area contributed by atoms with Crippen molar-refractivity contribution in [2.45, 2.75) is 19.9 Å². The first kappa shape index (κ1) is 22.3. The molecule has 0 bridgehead atoms. The molecule has 0 N–H and O–H groups in total. The van der Waals surface area contributed by atoms with Gasteiger partial charge in [0.15, 0.2) is 0 Å². The molecule has 7 heteroatoms. The van der Waals surface area contributed by atoms with E-state index in [1.165, 1.54) is 0 Å². The van der Waals surface area contributed by atoms with Crippen molar-refractivity contribution < 1.29 is 19.1 Å². The van der Waals surface area contributed by atoms with Gasteiger partial charge in [-0.05, 0) is 60.9 Å². The van der Waals surface area contributed by atoms with E-state index in [4.69, 9.17) is 9.47 Å². The molecule has 0 aliphatic carbocycles. The van der Waals surface area contributed by atoms with Gasteiger partial charge in [0.25, 0.3) is 5.91 Å². The van der Waals surface area contributed by atoms with Crippen molar-refractivity contribution >= 4 is 17.7 Å². The van der Waals surface area contributed by atoms with E-state index >= 15 is 0 Å².